The van der Waals surface area contributed by atoms with Gasteiger partial charge in [0.1, 0.15) is 5.82 Å². The van der Waals surface area contributed by atoms with Crippen LogP contribution in [0.5, 0.6) is 0 Å². The van der Waals surface area contributed by atoms with Crippen LogP contribution in [0.2, 0.25) is 0 Å². The minimum absolute atomic E-state index is 0.0580. The lowest BCUT2D eigenvalue weighted by Gasteiger charge is -2.23. The molecule has 2 fully saturated rings. The van der Waals surface area contributed by atoms with E-state index in [0.717, 1.165) is 54.8 Å². The zero-order valence-corrected chi connectivity index (χ0v) is 15.2. The van der Waals surface area contributed by atoms with E-state index in [-0.39, 0.29) is 5.91 Å². The zero-order valence-electron chi connectivity index (χ0n) is 15.2. The first-order chi connectivity index (χ1) is 12.7. The predicted molar refractivity (Wildman–Crippen MR) is 105 cm³/mol. The van der Waals surface area contributed by atoms with Gasteiger partial charge in [-0.05, 0) is 49.9 Å². The van der Waals surface area contributed by atoms with E-state index < -0.39 is 0 Å². The van der Waals surface area contributed by atoms with Gasteiger partial charge >= 0.3 is 0 Å². The highest BCUT2D eigenvalue weighted by Gasteiger charge is 2.20. The van der Waals surface area contributed by atoms with Gasteiger partial charge in [-0.2, -0.15) is 0 Å². The second kappa shape index (κ2) is 7.32. The molecule has 1 N–H and O–H groups in total. The van der Waals surface area contributed by atoms with E-state index in [9.17, 15) is 4.79 Å². The fraction of sp³-hybridized carbons (Fsp3) is 0.450. The van der Waals surface area contributed by atoms with Gasteiger partial charge in [0.15, 0.2) is 5.82 Å². The van der Waals surface area contributed by atoms with Gasteiger partial charge in [-0.1, -0.05) is 0 Å². The highest BCUT2D eigenvalue weighted by molar-refractivity contribution is 5.91. The number of anilines is 3. The van der Waals surface area contributed by atoms with Crippen LogP contribution in [0.4, 0.5) is 17.2 Å². The van der Waals surface area contributed by atoms with Crippen molar-refractivity contribution in [1.29, 1.82) is 0 Å². The van der Waals surface area contributed by atoms with Crippen LogP contribution < -0.4 is 15.1 Å². The van der Waals surface area contributed by atoms with Crippen molar-refractivity contribution in [3.8, 4) is 11.4 Å². The van der Waals surface area contributed by atoms with E-state index >= 15 is 0 Å². The number of carbonyl (C=O) groups is 1. The summed E-state index contributed by atoms with van der Waals surface area (Å²) < 4.78 is 0. The summed E-state index contributed by atoms with van der Waals surface area (Å²) in [6.07, 6.45) is 6.69. The van der Waals surface area contributed by atoms with E-state index in [2.05, 4.69) is 20.1 Å². The maximum Gasteiger partial charge on any atom is 0.221 e. The van der Waals surface area contributed by atoms with Gasteiger partial charge in [-0.15, -0.1) is 0 Å². The minimum atomic E-state index is -0.0580. The summed E-state index contributed by atoms with van der Waals surface area (Å²) in [5, 5.41) is 2.89. The number of rotatable bonds is 4. The van der Waals surface area contributed by atoms with Crippen LogP contribution in [0.1, 0.15) is 32.6 Å². The van der Waals surface area contributed by atoms with Crippen LogP contribution in [0.3, 0.4) is 0 Å². The first kappa shape index (κ1) is 16.8. The third-order valence-corrected chi connectivity index (χ3v) is 5.08. The first-order valence-electron chi connectivity index (χ1n) is 9.46. The summed E-state index contributed by atoms with van der Waals surface area (Å²) in [5.41, 5.74) is 2.95. The summed E-state index contributed by atoms with van der Waals surface area (Å²) in [4.78, 5) is 25.5. The van der Waals surface area contributed by atoms with Crippen molar-refractivity contribution in [2.75, 3.05) is 41.3 Å². The lowest BCUT2D eigenvalue weighted by molar-refractivity contribution is -0.114. The normalized spacial score (nSPS) is 17.0. The number of hydrogen-bond acceptors (Lipinski definition) is 5. The number of benzene rings is 1. The largest absolute Gasteiger partial charge is 0.371 e. The third-order valence-electron chi connectivity index (χ3n) is 5.08. The number of aromatic nitrogens is 2. The van der Waals surface area contributed by atoms with Crippen molar-refractivity contribution < 1.29 is 4.79 Å². The summed E-state index contributed by atoms with van der Waals surface area (Å²) in [6.45, 7) is 5.73. The lowest BCUT2D eigenvalue weighted by Crippen LogP contribution is -2.20. The standard InChI is InChI=1S/C20H25N5O/c1-15(26)22-16-6-7-17(18(14-16)24-10-2-3-11-24)20-21-9-8-19(23-20)25-12-4-5-13-25/h6-9,14H,2-5,10-13H2,1H3,(H,22,26). The molecule has 3 heterocycles. The van der Waals surface area contributed by atoms with Crippen molar-refractivity contribution in [1.82, 2.24) is 9.97 Å². The molecular formula is C20H25N5O. The molecule has 0 unspecified atom stereocenters. The van der Waals surface area contributed by atoms with E-state index in [1.165, 1.54) is 32.6 Å². The highest BCUT2D eigenvalue weighted by Crippen LogP contribution is 2.34. The first-order valence-corrected chi connectivity index (χ1v) is 9.46. The van der Waals surface area contributed by atoms with Gasteiger partial charge < -0.3 is 15.1 Å². The van der Waals surface area contributed by atoms with E-state index in [1.807, 2.05) is 30.5 Å². The maximum atomic E-state index is 11.4. The molecule has 0 atom stereocenters. The Kier molecular flexibility index (Phi) is 4.73. The second-order valence-corrected chi connectivity index (χ2v) is 7.04. The van der Waals surface area contributed by atoms with Gasteiger partial charge in [0.05, 0.1) is 0 Å². The molecule has 1 amide bonds. The molecule has 6 nitrogen and oxygen atoms in total. The Morgan fingerprint density at radius 1 is 1.00 bits per heavy atom. The monoisotopic (exact) mass is 351 g/mol. The van der Waals surface area contributed by atoms with Gasteiger partial charge in [0.25, 0.3) is 0 Å². The fourth-order valence-corrected chi connectivity index (χ4v) is 3.82. The third kappa shape index (κ3) is 3.49. The van der Waals surface area contributed by atoms with Crippen LogP contribution in [-0.2, 0) is 4.79 Å². The summed E-state index contributed by atoms with van der Waals surface area (Å²) in [5.74, 6) is 1.70. The SMILES string of the molecule is CC(=O)Nc1ccc(-c2nccc(N3CCCC3)n2)c(N2CCCC2)c1. The van der Waals surface area contributed by atoms with Crippen molar-refractivity contribution in [2.24, 2.45) is 0 Å². The molecule has 2 saturated heterocycles. The Hall–Kier alpha value is -2.63. The molecule has 4 rings (SSSR count). The Morgan fingerprint density at radius 2 is 1.69 bits per heavy atom. The Balaban J connectivity index is 1.72. The number of nitrogens with one attached hydrogen (secondary N) is 1. The fourth-order valence-electron chi connectivity index (χ4n) is 3.82. The van der Waals surface area contributed by atoms with Crippen molar-refractivity contribution in [2.45, 2.75) is 32.6 Å². The van der Waals surface area contributed by atoms with Crippen LogP contribution >= 0.6 is 0 Å². The molecule has 0 spiro atoms. The Bertz CT molecular complexity index is 795. The van der Waals surface area contributed by atoms with Crippen molar-refractivity contribution >= 4 is 23.1 Å². The lowest BCUT2D eigenvalue weighted by atomic mass is 10.1. The maximum absolute atomic E-state index is 11.4. The molecule has 1 aromatic carbocycles. The van der Waals surface area contributed by atoms with Gasteiger partial charge in [0.2, 0.25) is 5.91 Å². The smallest absolute Gasteiger partial charge is 0.221 e. The van der Waals surface area contributed by atoms with Gasteiger partial charge in [-0.3, -0.25) is 4.79 Å². The topological polar surface area (TPSA) is 61.4 Å². The summed E-state index contributed by atoms with van der Waals surface area (Å²) in [7, 11) is 0. The Morgan fingerprint density at radius 3 is 2.38 bits per heavy atom. The molecule has 1 aromatic heterocycles. The number of carbonyl (C=O) groups excluding carboxylic acids is 1. The van der Waals surface area contributed by atoms with E-state index in [0.29, 0.717) is 0 Å². The number of amides is 1. The van der Waals surface area contributed by atoms with Crippen LogP contribution in [0, 0.1) is 0 Å². The second-order valence-electron chi connectivity index (χ2n) is 7.04. The van der Waals surface area contributed by atoms with Crippen LogP contribution in [-0.4, -0.2) is 42.1 Å². The molecule has 0 saturated carbocycles. The van der Waals surface area contributed by atoms with E-state index in [1.54, 1.807) is 0 Å². The van der Waals surface area contributed by atoms with E-state index in [4.69, 9.17) is 4.98 Å². The molecule has 26 heavy (non-hydrogen) atoms. The number of nitrogens with zero attached hydrogens (tertiary/aromatic N) is 4. The quantitative estimate of drug-likeness (QED) is 0.916. The molecular weight excluding hydrogens is 326 g/mol. The molecule has 2 aliphatic heterocycles. The summed E-state index contributed by atoms with van der Waals surface area (Å²) in [6, 6.07) is 8.01. The van der Waals surface area contributed by atoms with Crippen LogP contribution in [0.25, 0.3) is 11.4 Å². The molecule has 2 aliphatic rings. The molecule has 6 heteroatoms. The molecule has 2 aromatic rings. The zero-order chi connectivity index (χ0) is 17.9. The molecule has 0 aliphatic carbocycles. The number of hydrogen-bond donors (Lipinski definition) is 1. The average Bonchev–Trinajstić information content (AvgIpc) is 3.35. The molecule has 0 bridgehead atoms. The van der Waals surface area contributed by atoms with Crippen LogP contribution in [0.15, 0.2) is 30.5 Å². The van der Waals surface area contributed by atoms with Crippen molar-refractivity contribution in [3.05, 3.63) is 30.5 Å². The van der Waals surface area contributed by atoms with Gasteiger partial charge in [-0.25, -0.2) is 9.97 Å². The van der Waals surface area contributed by atoms with Gasteiger partial charge in [0, 0.05) is 56.2 Å². The predicted octanol–water partition coefficient (Wildman–Crippen LogP) is 3.30. The highest BCUT2D eigenvalue weighted by atomic mass is 16.1. The molecule has 0 radical (unpaired) electrons. The van der Waals surface area contributed by atoms with Crippen molar-refractivity contribution in [3.63, 3.8) is 0 Å². The average molecular weight is 351 g/mol. The Labute approximate surface area is 154 Å². The molecule has 136 valence electrons. The minimum Gasteiger partial charge on any atom is -0.371 e. The summed E-state index contributed by atoms with van der Waals surface area (Å²) >= 11 is 0.